The number of rotatable bonds is 15. The summed E-state index contributed by atoms with van der Waals surface area (Å²) in [7, 11) is -1.81. The van der Waals surface area contributed by atoms with Gasteiger partial charge in [0.05, 0.1) is 30.7 Å². The van der Waals surface area contributed by atoms with Gasteiger partial charge in [0.15, 0.2) is 0 Å². The van der Waals surface area contributed by atoms with Gasteiger partial charge >= 0.3 is 0 Å². The average molecular weight is 323 g/mol. The molecule has 21 heavy (non-hydrogen) atoms. The second kappa shape index (κ2) is 13.9. The molecule has 0 aromatic heterocycles. The van der Waals surface area contributed by atoms with E-state index in [9.17, 15) is 0 Å². The summed E-state index contributed by atoms with van der Waals surface area (Å²) in [6, 6.07) is 0. The minimum absolute atomic E-state index is 0.657. The zero-order valence-corrected chi connectivity index (χ0v) is 15.8. The van der Waals surface area contributed by atoms with Gasteiger partial charge in [0.2, 0.25) is 0 Å². The zero-order chi connectivity index (χ0) is 16.0. The average Bonchev–Trinajstić information content (AvgIpc) is 2.44. The highest BCUT2D eigenvalue weighted by Crippen LogP contribution is 2.53. The predicted molar refractivity (Wildman–Crippen MR) is 94.5 cm³/mol. The van der Waals surface area contributed by atoms with E-state index in [0.29, 0.717) is 25.7 Å². The Bertz CT molecular complexity index is 207. The minimum Gasteiger partial charge on any atom is -0.293 e. The molecule has 0 fully saturated rings. The maximum absolute atomic E-state index is 5.95. The van der Waals surface area contributed by atoms with Crippen LogP contribution in [-0.2, 0) is 12.5 Å². The second-order valence-electron chi connectivity index (χ2n) is 5.45. The monoisotopic (exact) mass is 322 g/mol. The van der Waals surface area contributed by atoms with E-state index in [1.165, 1.54) is 44.9 Å². The molecule has 0 bridgehead atoms. The van der Waals surface area contributed by atoms with Crippen molar-refractivity contribution in [2.45, 2.75) is 79.6 Å². The zero-order valence-electron chi connectivity index (χ0n) is 15.0. The van der Waals surface area contributed by atoms with Crippen molar-refractivity contribution in [2.24, 2.45) is 5.92 Å². The van der Waals surface area contributed by atoms with Crippen LogP contribution < -0.4 is 0 Å². The van der Waals surface area contributed by atoms with E-state index < -0.39 is 10.9 Å². The molecule has 3 nitrogen and oxygen atoms in total. The van der Waals surface area contributed by atoms with E-state index in [1.54, 1.807) is 0 Å². The molecule has 0 aromatic rings. The van der Waals surface area contributed by atoms with Crippen molar-refractivity contribution in [3.8, 4) is 0 Å². The Morgan fingerprint density at radius 2 is 1.24 bits per heavy atom. The quantitative estimate of drug-likeness (QED) is 0.344. The van der Waals surface area contributed by atoms with Gasteiger partial charge in [0.1, 0.15) is 0 Å². The van der Waals surface area contributed by atoms with Gasteiger partial charge in [-0.25, -0.2) is 0 Å². The summed E-state index contributed by atoms with van der Waals surface area (Å²) < 4.78 is 17.9. The number of unbranched alkanes of at least 4 members (excludes halogenated alkanes) is 3. The lowest BCUT2D eigenvalue weighted by Gasteiger charge is -2.39. The molecule has 0 N–H and O–H groups in total. The Hall–Kier alpha value is 0.230. The van der Waals surface area contributed by atoms with Crippen LogP contribution in [0.2, 0.25) is 0 Å². The van der Waals surface area contributed by atoms with E-state index in [1.807, 2.05) is 20.8 Å². The van der Waals surface area contributed by atoms with Crippen molar-refractivity contribution >= 4 is 10.9 Å². The molecule has 0 aliphatic heterocycles. The fraction of sp³-hybridized carbons (Fsp3) is 1.00. The van der Waals surface area contributed by atoms with Crippen LogP contribution in [0.5, 0.6) is 0 Å². The van der Waals surface area contributed by atoms with Gasteiger partial charge < -0.3 is 0 Å². The summed E-state index contributed by atoms with van der Waals surface area (Å²) in [5, 5.41) is 0. The molecule has 1 atom stereocenters. The Morgan fingerprint density at radius 1 is 0.667 bits per heavy atom. The molecule has 0 rings (SSSR count). The molecule has 0 amide bonds. The van der Waals surface area contributed by atoms with Crippen LogP contribution in [0.3, 0.4) is 0 Å². The molecule has 1 unspecified atom stereocenters. The molecule has 0 aromatic carbocycles. The fourth-order valence-corrected chi connectivity index (χ4v) is 5.13. The van der Waals surface area contributed by atoms with Crippen LogP contribution >= 0.6 is 10.9 Å². The van der Waals surface area contributed by atoms with E-state index in [-0.39, 0.29) is 0 Å². The van der Waals surface area contributed by atoms with E-state index in [0.717, 1.165) is 5.75 Å². The van der Waals surface area contributed by atoms with Crippen molar-refractivity contribution in [2.75, 3.05) is 25.6 Å². The first kappa shape index (κ1) is 21.2. The van der Waals surface area contributed by atoms with Gasteiger partial charge in [-0.05, 0) is 39.5 Å². The van der Waals surface area contributed by atoms with Gasteiger partial charge in [0.25, 0.3) is 0 Å². The number of hydrogen-bond acceptors (Lipinski definition) is 3. The lowest BCUT2D eigenvalue weighted by atomic mass is 9.98. The van der Waals surface area contributed by atoms with Crippen molar-refractivity contribution in [1.82, 2.24) is 0 Å². The van der Waals surface area contributed by atoms with E-state index in [4.69, 9.17) is 12.5 Å². The smallest absolute Gasteiger partial charge is 0.0890 e. The fourth-order valence-electron chi connectivity index (χ4n) is 2.65. The van der Waals surface area contributed by atoms with Gasteiger partial charge in [-0.2, -0.15) is 0 Å². The maximum atomic E-state index is 5.95. The summed E-state index contributed by atoms with van der Waals surface area (Å²) >= 11 is 0. The third-order valence-corrected chi connectivity index (χ3v) is 6.16. The summed E-state index contributed by atoms with van der Waals surface area (Å²) in [4.78, 5) is 0. The molecule has 0 aliphatic rings. The molecule has 4 heteroatoms. The normalized spacial score (nSPS) is 14.3. The van der Waals surface area contributed by atoms with Crippen molar-refractivity contribution in [3.63, 3.8) is 0 Å². The molecule has 0 saturated heterocycles. The Kier molecular flexibility index (Phi) is 14.0. The summed E-state index contributed by atoms with van der Waals surface area (Å²) in [5.74, 6) is 1.59. The van der Waals surface area contributed by atoms with Crippen molar-refractivity contribution in [1.29, 1.82) is 0 Å². The second-order valence-corrected chi connectivity index (χ2v) is 7.60. The molecular weight excluding hydrogens is 284 g/mol. The van der Waals surface area contributed by atoms with E-state index >= 15 is 0 Å². The summed E-state index contributed by atoms with van der Waals surface area (Å²) in [6.07, 6.45) is 9.04. The van der Waals surface area contributed by atoms with Crippen molar-refractivity contribution in [3.05, 3.63) is 0 Å². The van der Waals surface area contributed by atoms with Crippen LogP contribution in [-0.4, -0.2) is 25.6 Å². The van der Waals surface area contributed by atoms with Gasteiger partial charge in [-0.15, -0.1) is 0 Å². The van der Waals surface area contributed by atoms with Crippen LogP contribution in [0, 0.1) is 5.92 Å². The summed E-state index contributed by atoms with van der Waals surface area (Å²) in [6.45, 7) is 12.6. The lowest BCUT2D eigenvalue weighted by Crippen LogP contribution is -2.22. The molecule has 0 aliphatic carbocycles. The number of hydrogen-bond donors (Lipinski definition) is 0. The third kappa shape index (κ3) is 9.77. The first-order valence-corrected chi connectivity index (χ1v) is 10.5. The first-order valence-electron chi connectivity index (χ1n) is 8.91. The summed E-state index contributed by atoms with van der Waals surface area (Å²) in [5.41, 5.74) is 0. The highest BCUT2D eigenvalue weighted by Gasteiger charge is 2.30. The van der Waals surface area contributed by atoms with Crippen LogP contribution in [0.15, 0.2) is 0 Å². The van der Waals surface area contributed by atoms with Crippen molar-refractivity contribution < 1.29 is 12.5 Å². The maximum Gasteiger partial charge on any atom is 0.0890 e. The molecule has 0 radical (unpaired) electrons. The minimum atomic E-state index is -1.81. The third-order valence-electron chi connectivity index (χ3n) is 3.49. The molecule has 0 saturated carbocycles. The molecule has 130 valence electrons. The molecular formula is C17H38O3S. The Balaban J connectivity index is 4.59. The van der Waals surface area contributed by atoms with Gasteiger partial charge in [0, 0.05) is 5.75 Å². The topological polar surface area (TPSA) is 27.7 Å². The predicted octanol–water partition coefficient (Wildman–Crippen LogP) is 6.03. The molecule has 0 spiro atoms. The lowest BCUT2D eigenvalue weighted by molar-refractivity contribution is 0.180. The Labute approximate surface area is 135 Å². The highest BCUT2D eigenvalue weighted by molar-refractivity contribution is 8.21. The van der Waals surface area contributed by atoms with Gasteiger partial charge in [-0.3, -0.25) is 12.5 Å². The highest BCUT2D eigenvalue weighted by atomic mass is 32.3. The standard InChI is InChI=1S/C17H38O3S/c1-6-11-12-13-15-17(14-7-2)16-21(18-8-3,19-9-4)20-10-5/h17H,6-16H2,1-5H3. The molecule has 0 heterocycles. The SMILES string of the molecule is CCCCCCC(CCC)CS(OCC)(OCC)OCC. The van der Waals surface area contributed by atoms with Gasteiger partial charge in [-0.1, -0.05) is 46.0 Å². The van der Waals surface area contributed by atoms with Crippen LogP contribution in [0.1, 0.15) is 79.6 Å². The van der Waals surface area contributed by atoms with E-state index in [2.05, 4.69) is 13.8 Å². The Morgan fingerprint density at radius 3 is 1.67 bits per heavy atom. The largest absolute Gasteiger partial charge is 0.293 e. The van der Waals surface area contributed by atoms with Crippen LogP contribution in [0.4, 0.5) is 0 Å². The first-order chi connectivity index (χ1) is 10.2. The van der Waals surface area contributed by atoms with Crippen LogP contribution in [0.25, 0.3) is 0 Å².